The second-order valence-corrected chi connectivity index (χ2v) is 10.6. The lowest BCUT2D eigenvalue weighted by Gasteiger charge is -2.38. The Morgan fingerprint density at radius 3 is 2.19 bits per heavy atom. The number of nitrogens with one attached hydrogen (secondary N) is 1. The number of nitrogens with zero attached hydrogens (tertiary/aromatic N) is 1. The molecule has 0 saturated carbocycles. The lowest BCUT2D eigenvalue weighted by atomic mass is 10.0. The number of piperidine rings is 1. The van der Waals surface area contributed by atoms with Crippen molar-refractivity contribution < 1.29 is 26.4 Å². The van der Waals surface area contributed by atoms with Gasteiger partial charge < -0.3 is 10.2 Å². The van der Waals surface area contributed by atoms with Gasteiger partial charge in [0.25, 0.3) is 0 Å². The smallest absolute Gasteiger partial charge is 0.318 e. The second-order valence-electron chi connectivity index (χ2n) is 7.89. The largest absolute Gasteiger partial charge is 0.416 e. The Morgan fingerprint density at radius 1 is 1.03 bits per heavy atom. The summed E-state index contributed by atoms with van der Waals surface area (Å²) in [5.41, 5.74) is -0.538. The van der Waals surface area contributed by atoms with Crippen LogP contribution in [0.4, 0.5) is 23.7 Å². The third-order valence-corrected chi connectivity index (χ3v) is 8.36. The van der Waals surface area contributed by atoms with Gasteiger partial charge in [0.1, 0.15) is 0 Å². The molecule has 2 saturated heterocycles. The molecule has 0 aromatic heterocycles. The highest BCUT2D eigenvalue weighted by molar-refractivity contribution is 7.92. The van der Waals surface area contributed by atoms with Gasteiger partial charge >= 0.3 is 12.2 Å². The molecule has 166 valence electrons. The van der Waals surface area contributed by atoms with E-state index < -0.39 is 32.9 Å². The fourth-order valence-corrected chi connectivity index (χ4v) is 6.63. The molecule has 10 heteroatoms. The van der Waals surface area contributed by atoms with Crippen LogP contribution in [0.15, 0.2) is 53.4 Å². The molecule has 0 radical (unpaired) electrons. The maximum atomic E-state index is 13.1. The highest BCUT2D eigenvalue weighted by atomic mass is 35.5. The number of halogens is 4. The Bertz CT molecular complexity index is 1080. The van der Waals surface area contributed by atoms with Crippen molar-refractivity contribution >= 4 is 33.2 Å². The van der Waals surface area contributed by atoms with Crippen molar-refractivity contribution in [2.75, 3.05) is 5.32 Å². The Balaban J connectivity index is 1.46. The lowest BCUT2D eigenvalue weighted by molar-refractivity contribution is -0.137. The normalized spacial score (nSPS) is 23.6. The zero-order valence-corrected chi connectivity index (χ0v) is 17.8. The number of sulfone groups is 1. The third kappa shape index (κ3) is 4.39. The van der Waals surface area contributed by atoms with Gasteiger partial charge in [-0.25, -0.2) is 13.2 Å². The Labute approximate surface area is 183 Å². The monoisotopic (exact) mass is 472 g/mol. The molecule has 4 rings (SSSR count). The molecule has 2 aliphatic heterocycles. The van der Waals surface area contributed by atoms with Crippen molar-refractivity contribution in [1.29, 1.82) is 0 Å². The van der Waals surface area contributed by atoms with Gasteiger partial charge in [-0.3, -0.25) is 0 Å². The van der Waals surface area contributed by atoms with Crippen LogP contribution in [0.1, 0.15) is 31.2 Å². The van der Waals surface area contributed by atoms with E-state index in [9.17, 15) is 26.4 Å². The van der Waals surface area contributed by atoms with Gasteiger partial charge in [0.05, 0.1) is 15.7 Å². The zero-order valence-electron chi connectivity index (χ0n) is 16.3. The number of hydrogen-bond acceptors (Lipinski definition) is 3. The van der Waals surface area contributed by atoms with E-state index in [1.54, 1.807) is 17.0 Å². The standard InChI is InChI=1S/C21H20ClF3N2O3S/c22-14-2-1-3-18(10-14)31(29,30)19-11-16-8-9-17(12-19)27(16)20(28)26-15-6-4-13(5-7-15)21(23,24)25/h1-7,10,16-17,19H,8-9,11-12H2,(H,26,28)/t16-,17-/m1/s1. The van der Waals surface area contributed by atoms with E-state index in [2.05, 4.69) is 5.32 Å². The summed E-state index contributed by atoms with van der Waals surface area (Å²) in [7, 11) is -3.59. The molecule has 2 aliphatic rings. The average Bonchev–Trinajstić information content (AvgIpc) is 2.97. The predicted molar refractivity (Wildman–Crippen MR) is 111 cm³/mol. The van der Waals surface area contributed by atoms with Crippen LogP contribution in [-0.4, -0.2) is 36.7 Å². The SMILES string of the molecule is O=C(Nc1ccc(C(F)(F)F)cc1)N1[C@@H]2CC[C@@H]1CC(S(=O)(=O)c1cccc(Cl)c1)C2. The minimum absolute atomic E-state index is 0.173. The summed E-state index contributed by atoms with van der Waals surface area (Å²) in [6.45, 7) is 0. The minimum atomic E-state index is -4.45. The van der Waals surface area contributed by atoms with Gasteiger partial charge in [0.15, 0.2) is 9.84 Å². The van der Waals surface area contributed by atoms with Gasteiger partial charge in [0, 0.05) is 22.8 Å². The summed E-state index contributed by atoms with van der Waals surface area (Å²) in [6, 6.07) is 9.48. The highest BCUT2D eigenvalue weighted by Gasteiger charge is 2.47. The van der Waals surface area contributed by atoms with E-state index in [0.29, 0.717) is 30.7 Å². The van der Waals surface area contributed by atoms with Crippen LogP contribution >= 0.6 is 11.6 Å². The van der Waals surface area contributed by atoms with Crippen LogP contribution in [0, 0.1) is 0 Å². The summed E-state index contributed by atoms with van der Waals surface area (Å²) in [5, 5.41) is 2.37. The number of fused-ring (bicyclic) bond motifs is 2. The summed E-state index contributed by atoms with van der Waals surface area (Å²) < 4.78 is 64.3. The maximum absolute atomic E-state index is 13.1. The molecule has 2 amide bonds. The molecule has 2 aromatic rings. The number of anilines is 1. The van der Waals surface area contributed by atoms with Crippen LogP contribution in [0.5, 0.6) is 0 Å². The zero-order chi connectivity index (χ0) is 22.4. The molecule has 2 fully saturated rings. The van der Waals surface area contributed by atoms with Crippen LogP contribution in [-0.2, 0) is 16.0 Å². The molecule has 2 heterocycles. The van der Waals surface area contributed by atoms with Gasteiger partial charge in [-0.1, -0.05) is 17.7 Å². The summed E-state index contributed by atoms with van der Waals surface area (Å²) in [5.74, 6) is 0. The lowest BCUT2D eigenvalue weighted by Crippen LogP contribution is -2.51. The van der Waals surface area contributed by atoms with E-state index in [1.165, 1.54) is 24.3 Å². The number of carbonyl (C=O) groups is 1. The van der Waals surface area contributed by atoms with E-state index in [4.69, 9.17) is 11.6 Å². The molecule has 2 bridgehead atoms. The van der Waals surface area contributed by atoms with Crippen LogP contribution in [0.3, 0.4) is 0 Å². The van der Waals surface area contributed by atoms with E-state index in [0.717, 1.165) is 12.1 Å². The molecule has 1 N–H and O–H groups in total. The molecule has 31 heavy (non-hydrogen) atoms. The van der Waals surface area contributed by atoms with Crippen molar-refractivity contribution in [2.45, 2.75) is 54.1 Å². The Morgan fingerprint density at radius 2 is 1.65 bits per heavy atom. The first-order valence-electron chi connectivity index (χ1n) is 9.82. The Kier molecular flexibility index (Phi) is 5.68. The third-order valence-electron chi connectivity index (χ3n) is 5.95. The topological polar surface area (TPSA) is 66.5 Å². The number of alkyl halides is 3. The quantitative estimate of drug-likeness (QED) is 0.654. The van der Waals surface area contributed by atoms with Crippen molar-refractivity contribution in [2.24, 2.45) is 0 Å². The van der Waals surface area contributed by atoms with Crippen molar-refractivity contribution in [3.8, 4) is 0 Å². The molecule has 2 aromatic carbocycles. The first-order valence-corrected chi connectivity index (χ1v) is 11.7. The van der Waals surface area contributed by atoms with Gasteiger partial charge in [-0.05, 0) is 68.1 Å². The Hall–Kier alpha value is -2.26. The number of urea groups is 1. The van der Waals surface area contributed by atoms with Crippen LogP contribution in [0.2, 0.25) is 5.02 Å². The summed E-state index contributed by atoms with van der Waals surface area (Å²) >= 11 is 5.95. The van der Waals surface area contributed by atoms with Gasteiger partial charge in [0.2, 0.25) is 0 Å². The molecule has 0 aliphatic carbocycles. The molecule has 0 unspecified atom stereocenters. The van der Waals surface area contributed by atoms with Crippen molar-refractivity contribution in [1.82, 2.24) is 4.90 Å². The average molecular weight is 473 g/mol. The fourth-order valence-electron chi connectivity index (χ4n) is 4.48. The van der Waals surface area contributed by atoms with Crippen LogP contribution < -0.4 is 5.32 Å². The van der Waals surface area contributed by atoms with Crippen molar-refractivity contribution in [3.63, 3.8) is 0 Å². The molecule has 5 nitrogen and oxygen atoms in total. The molecule has 2 atom stereocenters. The molecule has 0 spiro atoms. The summed E-state index contributed by atoms with van der Waals surface area (Å²) in [4.78, 5) is 14.6. The van der Waals surface area contributed by atoms with Gasteiger partial charge in [-0.2, -0.15) is 13.2 Å². The van der Waals surface area contributed by atoms with Gasteiger partial charge in [-0.15, -0.1) is 0 Å². The van der Waals surface area contributed by atoms with E-state index >= 15 is 0 Å². The summed E-state index contributed by atoms with van der Waals surface area (Å²) in [6.07, 6.45) is -2.45. The van der Waals surface area contributed by atoms with E-state index in [-0.39, 0.29) is 22.7 Å². The second kappa shape index (κ2) is 8.02. The minimum Gasteiger partial charge on any atom is -0.318 e. The molecular formula is C21H20ClF3N2O3S. The highest BCUT2D eigenvalue weighted by Crippen LogP contribution is 2.40. The first kappa shape index (κ1) is 22.0. The number of benzene rings is 2. The first-order chi connectivity index (χ1) is 14.6. The fraction of sp³-hybridized carbons (Fsp3) is 0.381. The van der Waals surface area contributed by atoms with E-state index in [1.807, 2.05) is 0 Å². The number of amides is 2. The number of hydrogen-bond donors (Lipinski definition) is 1. The maximum Gasteiger partial charge on any atom is 0.416 e. The number of carbonyl (C=O) groups excluding carboxylic acids is 1. The van der Waals surface area contributed by atoms with Crippen LogP contribution in [0.25, 0.3) is 0 Å². The van der Waals surface area contributed by atoms with Crippen molar-refractivity contribution in [3.05, 3.63) is 59.1 Å². The number of rotatable bonds is 3. The predicted octanol–water partition coefficient (Wildman–Crippen LogP) is 5.36. The molecular weight excluding hydrogens is 453 g/mol.